The maximum atomic E-state index is 5.81. The van der Waals surface area contributed by atoms with Gasteiger partial charge in [0.25, 0.3) is 0 Å². The van der Waals surface area contributed by atoms with Gasteiger partial charge in [0.1, 0.15) is 12.4 Å². The third kappa shape index (κ3) is 4.08. The molecule has 1 saturated heterocycles. The van der Waals surface area contributed by atoms with Gasteiger partial charge in [-0.25, -0.2) is 0 Å². The number of hydrogen-bond donors (Lipinski definition) is 1. The first-order valence-electron chi connectivity index (χ1n) is 8.21. The molecule has 3 nitrogen and oxygen atoms in total. The van der Waals surface area contributed by atoms with Crippen LogP contribution in [-0.4, -0.2) is 24.2 Å². The summed E-state index contributed by atoms with van der Waals surface area (Å²) >= 11 is 0. The SMILES string of the molecule is CCc1cccc(CCc2cncc(OCC3CCN3)c2)c1. The van der Waals surface area contributed by atoms with Crippen molar-refractivity contribution in [3.8, 4) is 5.75 Å². The summed E-state index contributed by atoms with van der Waals surface area (Å²) in [7, 11) is 0. The Morgan fingerprint density at radius 2 is 1.95 bits per heavy atom. The van der Waals surface area contributed by atoms with Crippen LogP contribution >= 0.6 is 0 Å². The van der Waals surface area contributed by atoms with Crippen LogP contribution in [0.4, 0.5) is 0 Å². The highest BCUT2D eigenvalue weighted by Gasteiger charge is 2.16. The zero-order chi connectivity index (χ0) is 15.2. The highest BCUT2D eigenvalue weighted by atomic mass is 16.5. The summed E-state index contributed by atoms with van der Waals surface area (Å²) in [5.74, 6) is 0.883. The number of nitrogens with one attached hydrogen (secondary N) is 1. The predicted molar refractivity (Wildman–Crippen MR) is 89.4 cm³/mol. The molecule has 1 atom stereocenters. The molecule has 1 unspecified atom stereocenters. The molecule has 0 bridgehead atoms. The second-order valence-electron chi connectivity index (χ2n) is 5.95. The molecule has 0 aliphatic carbocycles. The molecule has 1 aromatic heterocycles. The maximum absolute atomic E-state index is 5.81. The van der Waals surface area contributed by atoms with Crippen molar-refractivity contribution in [3.63, 3.8) is 0 Å². The average molecular weight is 296 g/mol. The zero-order valence-corrected chi connectivity index (χ0v) is 13.2. The van der Waals surface area contributed by atoms with Gasteiger partial charge in [0.2, 0.25) is 0 Å². The van der Waals surface area contributed by atoms with Crippen molar-refractivity contribution < 1.29 is 4.74 Å². The first kappa shape index (κ1) is 15.0. The van der Waals surface area contributed by atoms with Crippen LogP contribution in [0.1, 0.15) is 30.0 Å². The molecule has 0 spiro atoms. The Bertz CT molecular complexity index is 608. The second-order valence-corrected chi connectivity index (χ2v) is 5.95. The third-order valence-corrected chi connectivity index (χ3v) is 4.25. The van der Waals surface area contributed by atoms with E-state index in [1.54, 1.807) is 6.20 Å². The second kappa shape index (κ2) is 7.41. The fourth-order valence-corrected chi connectivity index (χ4v) is 2.66. The molecule has 0 saturated carbocycles. The Balaban J connectivity index is 1.55. The summed E-state index contributed by atoms with van der Waals surface area (Å²) in [6.45, 7) is 4.05. The molecule has 1 aliphatic rings. The van der Waals surface area contributed by atoms with E-state index in [2.05, 4.69) is 47.6 Å². The molecule has 1 N–H and O–H groups in total. The van der Waals surface area contributed by atoms with Crippen molar-refractivity contribution in [1.82, 2.24) is 10.3 Å². The third-order valence-electron chi connectivity index (χ3n) is 4.25. The number of benzene rings is 1. The van der Waals surface area contributed by atoms with E-state index in [0.717, 1.165) is 38.2 Å². The lowest BCUT2D eigenvalue weighted by atomic mass is 10.0. The lowest BCUT2D eigenvalue weighted by Gasteiger charge is -2.27. The Morgan fingerprint density at radius 3 is 2.73 bits per heavy atom. The van der Waals surface area contributed by atoms with Crippen LogP contribution in [0.2, 0.25) is 0 Å². The minimum absolute atomic E-state index is 0.514. The van der Waals surface area contributed by atoms with Crippen LogP contribution in [-0.2, 0) is 19.3 Å². The highest BCUT2D eigenvalue weighted by Crippen LogP contribution is 2.15. The van der Waals surface area contributed by atoms with Crippen molar-refractivity contribution in [2.24, 2.45) is 0 Å². The molecule has 1 aromatic carbocycles. The van der Waals surface area contributed by atoms with Gasteiger partial charge < -0.3 is 10.1 Å². The number of pyridine rings is 1. The van der Waals surface area contributed by atoms with E-state index in [9.17, 15) is 0 Å². The largest absolute Gasteiger partial charge is 0.490 e. The Morgan fingerprint density at radius 1 is 1.14 bits per heavy atom. The van der Waals surface area contributed by atoms with Crippen LogP contribution < -0.4 is 10.1 Å². The molecule has 3 heteroatoms. The summed E-state index contributed by atoms with van der Waals surface area (Å²) in [5.41, 5.74) is 4.03. The topological polar surface area (TPSA) is 34.1 Å². The van der Waals surface area contributed by atoms with Crippen molar-refractivity contribution in [2.45, 2.75) is 38.6 Å². The molecule has 1 aliphatic heterocycles. The van der Waals surface area contributed by atoms with E-state index in [-0.39, 0.29) is 0 Å². The number of aryl methyl sites for hydroxylation is 3. The van der Waals surface area contributed by atoms with Gasteiger partial charge >= 0.3 is 0 Å². The van der Waals surface area contributed by atoms with Crippen LogP contribution in [0.3, 0.4) is 0 Å². The van der Waals surface area contributed by atoms with Crippen LogP contribution in [0.15, 0.2) is 42.7 Å². The van der Waals surface area contributed by atoms with Crippen LogP contribution in [0.5, 0.6) is 5.75 Å². The smallest absolute Gasteiger partial charge is 0.137 e. The fourth-order valence-electron chi connectivity index (χ4n) is 2.66. The molecule has 0 radical (unpaired) electrons. The average Bonchev–Trinajstić information content (AvgIpc) is 2.52. The molecule has 1 fully saturated rings. The van der Waals surface area contributed by atoms with Crippen LogP contribution in [0.25, 0.3) is 0 Å². The lowest BCUT2D eigenvalue weighted by molar-refractivity contribution is 0.217. The summed E-state index contributed by atoms with van der Waals surface area (Å²) in [6, 6.07) is 11.5. The highest BCUT2D eigenvalue weighted by molar-refractivity contribution is 5.27. The molecular formula is C19H24N2O. The van der Waals surface area contributed by atoms with E-state index in [1.165, 1.54) is 23.1 Å². The first-order chi connectivity index (χ1) is 10.8. The van der Waals surface area contributed by atoms with E-state index < -0.39 is 0 Å². The van der Waals surface area contributed by atoms with Gasteiger partial charge in [-0.3, -0.25) is 4.98 Å². The van der Waals surface area contributed by atoms with E-state index in [1.807, 2.05) is 6.20 Å². The maximum Gasteiger partial charge on any atom is 0.137 e. The van der Waals surface area contributed by atoms with Gasteiger partial charge in [-0.05, 0) is 55.0 Å². The lowest BCUT2D eigenvalue weighted by Crippen LogP contribution is -2.46. The molecular weight excluding hydrogens is 272 g/mol. The predicted octanol–water partition coefficient (Wildman–Crippen LogP) is 3.17. The quantitative estimate of drug-likeness (QED) is 0.852. The number of hydrogen-bond acceptors (Lipinski definition) is 3. The van der Waals surface area contributed by atoms with Crippen molar-refractivity contribution in [3.05, 3.63) is 59.4 Å². The first-order valence-corrected chi connectivity index (χ1v) is 8.21. The van der Waals surface area contributed by atoms with Gasteiger partial charge in [0.05, 0.1) is 6.20 Å². The van der Waals surface area contributed by atoms with Gasteiger partial charge in [0.15, 0.2) is 0 Å². The Hall–Kier alpha value is -1.87. The summed E-state index contributed by atoms with van der Waals surface area (Å²) in [4.78, 5) is 4.31. The van der Waals surface area contributed by atoms with Gasteiger partial charge in [-0.2, -0.15) is 0 Å². The van der Waals surface area contributed by atoms with E-state index in [4.69, 9.17) is 4.74 Å². The molecule has 116 valence electrons. The minimum atomic E-state index is 0.514. The summed E-state index contributed by atoms with van der Waals surface area (Å²) in [6.07, 6.45) is 8.09. The summed E-state index contributed by atoms with van der Waals surface area (Å²) < 4.78 is 5.81. The monoisotopic (exact) mass is 296 g/mol. The number of nitrogens with zero attached hydrogens (tertiary/aromatic N) is 1. The van der Waals surface area contributed by atoms with Crippen molar-refractivity contribution in [2.75, 3.05) is 13.2 Å². The molecule has 3 rings (SSSR count). The van der Waals surface area contributed by atoms with Gasteiger partial charge in [-0.15, -0.1) is 0 Å². The standard InChI is InChI=1S/C19H24N2O/c1-2-15-4-3-5-16(10-15)6-7-17-11-19(13-20-12-17)22-14-18-8-9-21-18/h3-5,10-13,18,21H,2,6-9,14H2,1H3. The Kier molecular flexibility index (Phi) is 5.07. The normalized spacial score (nSPS) is 17.0. The van der Waals surface area contributed by atoms with Gasteiger partial charge in [-0.1, -0.05) is 31.2 Å². The van der Waals surface area contributed by atoms with E-state index >= 15 is 0 Å². The molecule has 2 heterocycles. The number of aromatic nitrogens is 1. The van der Waals surface area contributed by atoms with Crippen molar-refractivity contribution >= 4 is 0 Å². The molecule has 22 heavy (non-hydrogen) atoms. The number of ether oxygens (including phenoxy) is 1. The van der Waals surface area contributed by atoms with Crippen LogP contribution in [0, 0.1) is 0 Å². The Labute approximate surface area is 132 Å². The van der Waals surface area contributed by atoms with E-state index in [0.29, 0.717) is 6.04 Å². The molecule has 2 aromatic rings. The van der Waals surface area contributed by atoms with Gasteiger partial charge in [0, 0.05) is 12.2 Å². The summed E-state index contributed by atoms with van der Waals surface area (Å²) in [5, 5.41) is 3.34. The zero-order valence-electron chi connectivity index (χ0n) is 13.2. The number of rotatable bonds is 7. The fraction of sp³-hybridized carbons (Fsp3) is 0.421. The minimum Gasteiger partial charge on any atom is -0.490 e. The molecule has 0 amide bonds. The van der Waals surface area contributed by atoms with Crippen molar-refractivity contribution in [1.29, 1.82) is 0 Å².